The number of rotatable bonds is 5. The maximum atomic E-state index is 11.9. The summed E-state index contributed by atoms with van der Waals surface area (Å²) in [7, 11) is 0. The van der Waals surface area contributed by atoms with Gasteiger partial charge in [-0.3, -0.25) is 14.4 Å². The van der Waals surface area contributed by atoms with Crippen LogP contribution in [0.3, 0.4) is 0 Å². The minimum absolute atomic E-state index is 0.216. The molecule has 4 heterocycles. The molecule has 3 aliphatic rings. The van der Waals surface area contributed by atoms with Crippen molar-refractivity contribution >= 4 is 11.6 Å². The van der Waals surface area contributed by atoms with Gasteiger partial charge in [-0.25, -0.2) is 9.97 Å². The molecule has 5 rings (SSSR count). The zero-order chi connectivity index (χ0) is 18.2. The Morgan fingerprint density at radius 2 is 2.07 bits per heavy atom. The molecule has 1 amide bonds. The monoisotopic (exact) mass is 366 g/mol. The first-order chi connectivity index (χ1) is 13.3. The van der Waals surface area contributed by atoms with Gasteiger partial charge in [0, 0.05) is 50.9 Å². The molecule has 3 fully saturated rings. The van der Waals surface area contributed by atoms with Crippen LogP contribution in [0.5, 0.6) is 0 Å². The second-order valence-corrected chi connectivity index (χ2v) is 8.04. The number of nitrogens with zero attached hydrogens (tertiary/aromatic N) is 6. The molecule has 2 saturated heterocycles. The lowest BCUT2D eigenvalue weighted by atomic mass is 9.85. The summed E-state index contributed by atoms with van der Waals surface area (Å²) in [6.45, 7) is 3.71. The van der Waals surface area contributed by atoms with Crippen molar-refractivity contribution in [3.8, 4) is 0 Å². The number of anilines is 1. The van der Waals surface area contributed by atoms with Gasteiger partial charge in [0.05, 0.1) is 23.6 Å². The Morgan fingerprint density at radius 3 is 2.85 bits per heavy atom. The summed E-state index contributed by atoms with van der Waals surface area (Å²) in [6, 6.07) is 2.41. The molecule has 2 aliphatic heterocycles. The van der Waals surface area contributed by atoms with Gasteiger partial charge in [0.15, 0.2) is 0 Å². The SMILES string of the molecule is O=C1CCCN1c1cnn(C2CCN(Cc3ccnc(C4CCC4)n3)C2)c1. The van der Waals surface area contributed by atoms with Crippen LogP contribution in [0.2, 0.25) is 0 Å². The van der Waals surface area contributed by atoms with Crippen molar-refractivity contribution in [2.75, 3.05) is 24.5 Å². The average molecular weight is 366 g/mol. The van der Waals surface area contributed by atoms with Gasteiger partial charge in [0.25, 0.3) is 0 Å². The minimum Gasteiger partial charge on any atom is -0.309 e. The van der Waals surface area contributed by atoms with E-state index in [0.717, 1.165) is 56.2 Å². The maximum absolute atomic E-state index is 11.9. The van der Waals surface area contributed by atoms with E-state index in [1.807, 2.05) is 34.2 Å². The average Bonchev–Trinajstić information content (AvgIpc) is 3.33. The van der Waals surface area contributed by atoms with Gasteiger partial charge in [-0.1, -0.05) is 6.42 Å². The third kappa shape index (κ3) is 3.36. The number of hydrogen-bond donors (Lipinski definition) is 0. The Bertz CT molecular complexity index is 829. The van der Waals surface area contributed by atoms with E-state index in [0.29, 0.717) is 18.4 Å². The Morgan fingerprint density at radius 1 is 1.15 bits per heavy atom. The minimum atomic E-state index is 0.216. The van der Waals surface area contributed by atoms with Crippen LogP contribution in [0.1, 0.15) is 62.0 Å². The molecule has 0 bridgehead atoms. The molecule has 0 N–H and O–H groups in total. The fourth-order valence-electron chi connectivity index (χ4n) is 4.35. The topological polar surface area (TPSA) is 67.2 Å². The number of amides is 1. The van der Waals surface area contributed by atoms with E-state index in [-0.39, 0.29) is 5.91 Å². The van der Waals surface area contributed by atoms with Crippen molar-refractivity contribution < 1.29 is 4.79 Å². The Balaban J connectivity index is 1.22. The number of carbonyl (C=O) groups is 1. The highest BCUT2D eigenvalue weighted by atomic mass is 16.2. The summed E-state index contributed by atoms with van der Waals surface area (Å²) in [5.74, 6) is 1.82. The van der Waals surface area contributed by atoms with E-state index < -0.39 is 0 Å². The molecule has 7 heteroatoms. The van der Waals surface area contributed by atoms with Crippen LogP contribution in [-0.4, -0.2) is 50.2 Å². The molecule has 142 valence electrons. The number of aromatic nitrogens is 4. The van der Waals surface area contributed by atoms with Crippen LogP contribution in [0.15, 0.2) is 24.7 Å². The zero-order valence-corrected chi connectivity index (χ0v) is 15.6. The van der Waals surface area contributed by atoms with Gasteiger partial charge in [-0.15, -0.1) is 0 Å². The third-order valence-corrected chi connectivity index (χ3v) is 6.18. The lowest BCUT2D eigenvalue weighted by Crippen LogP contribution is -2.23. The molecule has 1 unspecified atom stereocenters. The molecule has 0 radical (unpaired) electrons. The highest BCUT2D eigenvalue weighted by Gasteiger charge is 2.28. The van der Waals surface area contributed by atoms with Crippen LogP contribution in [0, 0.1) is 0 Å². The highest BCUT2D eigenvalue weighted by Crippen LogP contribution is 2.34. The van der Waals surface area contributed by atoms with Crippen LogP contribution in [0.25, 0.3) is 0 Å². The lowest BCUT2D eigenvalue weighted by molar-refractivity contribution is -0.117. The predicted molar refractivity (Wildman–Crippen MR) is 101 cm³/mol. The summed E-state index contributed by atoms with van der Waals surface area (Å²) in [5.41, 5.74) is 2.06. The molecule has 2 aromatic rings. The van der Waals surface area contributed by atoms with E-state index >= 15 is 0 Å². The first kappa shape index (κ1) is 16.9. The van der Waals surface area contributed by atoms with Crippen molar-refractivity contribution in [2.45, 2.75) is 57.0 Å². The normalized spacial score (nSPS) is 23.9. The van der Waals surface area contributed by atoms with E-state index in [9.17, 15) is 4.79 Å². The highest BCUT2D eigenvalue weighted by molar-refractivity contribution is 5.95. The van der Waals surface area contributed by atoms with Gasteiger partial charge in [-0.2, -0.15) is 5.10 Å². The Kier molecular flexibility index (Phi) is 4.39. The third-order valence-electron chi connectivity index (χ3n) is 6.18. The first-order valence-electron chi connectivity index (χ1n) is 10.1. The van der Waals surface area contributed by atoms with Gasteiger partial charge < -0.3 is 4.90 Å². The number of carbonyl (C=O) groups excluding carboxylic acids is 1. The zero-order valence-electron chi connectivity index (χ0n) is 15.6. The number of hydrogen-bond acceptors (Lipinski definition) is 5. The van der Waals surface area contributed by atoms with Gasteiger partial charge >= 0.3 is 0 Å². The van der Waals surface area contributed by atoms with E-state index in [2.05, 4.69) is 15.0 Å². The van der Waals surface area contributed by atoms with Crippen LogP contribution in [-0.2, 0) is 11.3 Å². The smallest absolute Gasteiger partial charge is 0.227 e. The molecule has 27 heavy (non-hydrogen) atoms. The van der Waals surface area contributed by atoms with Crippen molar-refractivity contribution in [1.82, 2.24) is 24.6 Å². The van der Waals surface area contributed by atoms with E-state index in [4.69, 9.17) is 4.98 Å². The second-order valence-electron chi connectivity index (χ2n) is 8.04. The van der Waals surface area contributed by atoms with Crippen molar-refractivity contribution in [3.05, 3.63) is 36.2 Å². The first-order valence-corrected chi connectivity index (χ1v) is 10.1. The van der Waals surface area contributed by atoms with E-state index in [1.54, 1.807) is 0 Å². The summed E-state index contributed by atoms with van der Waals surface area (Å²) in [4.78, 5) is 25.5. The summed E-state index contributed by atoms with van der Waals surface area (Å²) in [5, 5.41) is 4.55. The summed E-state index contributed by atoms with van der Waals surface area (Å²) in [6.07, 6.45) is 12.2. The van der Waals surface area contributed by atoms with Crippen molar-refractivity contribution in [3.63, 3.8) is 0 Å². The lowest BCUT2D eigenvalue weighted by Gasteiger charge is -2.24. The molecule has 0 aromatic carbocycles. The standard InChI is InChI=1S/C20H26N6O/c27-19-5-2-9-25(19)18-11-22-26(14-18)17-7-10-24(13-17)12-16-6-8-21-20(23-16)15-3-1-4-15/h6,8,11,14-15,17H,1-5,7,9-10,12-13H2. The fourth-order valence-corrected chi connectivity index (χ4v) is 4.35. The van der Waals surface area contributed by atoms with Gasteiger partial charge in [0.1, 0.15) is 5.82 Å². The van der Waals surface area contributed by atoms with Crippen LogP contribution in [0.4, 0.5) is 5.69 Å². The molecule has 1 atom stereocenters. The van der Waals surface area contributed by atoms with Gasteiger partial charge in [0.2, 0.25) is 5.91 Å². The predicted octanol–water partition coefficient (Wildman–Crippen LogP) is 2.51. The van der Waals surface area contributed by atoms with Crippen LogP contribution < -0.4 is 4.90 Å². The summed E-state index contributed by atoms with van der Waals surface area (Å²) >= 11 is 0. The molecule has 2 aromatic heterocycles. The van der Waals surface area contributed by atoms with E-state index in [1.165, 1.54) is 19.3 Å². The summed E-state index contributed by atoms with van der Waals surface area (Å²) < 4.78 is 2.04. The second kappa shape index (κ2) is 7.03. The molecule has 1 saturated carbocycles. The van der Waals surface area contributed by atoms with Crippen LogP contribution >= 0.6 is 0 Å². The Labute approximate surface area is 159 Å². The molecular formula is C20H26N6O. The van der Waals surface area contributed by atoms with Gasteiger partial charge in [-0.05, 0) is 31.7 Å². The molecule has 1 aliphatic carbocycles. The molecule has 7 nitrogen and oxygen atoms in total. The maximum Gasteiger partial charge on any atom is 0.227 e. The largest absolute Gasteiger partial charge is 0.309 e. The quantitative estimate of drug-likeness (QED) is 0.813. The Hall–Kier alpha value is -2.28. The van der Waals surface area contributed by atoms with Crippen molar-refractivity contribution in [1.29, 1.82) is 0 Å². The van der Waals surface area contributed by atoms with Crippen molar-refractivity contribution in [2.24, 2.45) is 0 Å². The molecule has 0 spiro atoms. The molecular weight excluding hydrogens is 340 g/mol. The number of likely N-dealkylation sites (tertiary alicyclic amines) is 1. The fraction of sp³-hybridized carbons (Fsp3) is 0.600.